The van der Waals surface area contributed by atoms with Crippen LogP contribution in [0.15, 0.2) is 12.5 Å². The first kappa shape index (κ1) is 23.1. The molecular formula is C18H28N6O6. The predicted octanol–water partition coefficient (Wildman–Crippen LogP) is -1.15. The Morgan fingerprint density at radius 3 is 2.57 bits per heavy atom. The van der Waals surface area contributed by atoms with Gasteiger partial charge in [-0.3, -0.25) is 14.4 Å². The summed E-state index contributed by atoms with van der Waals surface area (Å²) in [5.41, 5.74) is 0.311. The molecule has 1 aliphatic heterocycles. The number of nitrogens with one attached hydrogen (secondary N) is 3. The first-order valence-corrected chi connectivity index (χ1v) is 9.63. The molecule has 0 radical (unpaired) electrons. The largest absolute Gasteiger partial charge is 0.481 e. The monoisotopic (exact) mass is 424 g/mol. The zero-order chi connectivity index (χ0) is 22.3. The van der Waals surface area contributed by atoms with Crippen molar-refractivity contribution in [2.75, 3.05) is 33.2 Å². The summed E-state index contributed by atoms with van der Waals surface area (Å²) in [6, 6.07) is -0.507. The Hall–Kier alpha value is -3.15. The van der Waals surface area contributed by atoms with Crippen molar-refractivity contribution in [1.29, 1.82) is 0 Å². The zero-order valence-corrected chi connectivity index (χ0v) is 17.0. The van der Waals surface area contributed by atoms with Gasteiger partial charge in [0.15, 0.2) is 0 Å². The quantitative estimate of drug-likeness (QED) is 0.384. The maximum absolute atomic E-state index is 12.3. The van der Waals surface area contributed by atoms with E-state index < -0.39 is 18.1 Å². The maximum atomic E-state index is 12.3. The lowest BCUT2D eigenvalue weighted by molar-refractivity contribution is -0.134. The third kappa shape index (κ3) is 6.44. The molecule has 1 aromatic heterocycles. The molecule has 1 aliphatic carbocycles. The highest BCUT2D eigenvalue weighted by Gasteiger charge is 2.38. The minimum atomic E-state index is -0.833. The van der Waals surface area contributed by atoms with Crippen LogP contribution < -0.4 is 10.6 Å². The van der Waals surface area contributed by atoms with E-state index in [0.29, 0.717) is 44.7 Å². The van der Waals surface area contributed by atoms with E-state index in [1.165, 1.54) is 12.5 Å². The van der Waals surface area contributed by atoms with Gasteiger partial charge in [-0.05, 0) is 12.8 Å². The standard InChI is InChI=1S/C16H24N6O4.C2H4O2/c1-21-4-5-22(16(21)26)3-2-18-14(24)10-6-11(13(23)7-10)20-15(25)12-8-17-9-19-12;1-2(3)4/h8-11,13,23H,2-7H2,1H3,(H,17,19)(H,18,24)(H,20,25);1H3,(H,3,4)/t10-,11-,13-;/m0./s1. The second-order valence-corrected chi connectivity index (χ2v) is 7.28. The van der Waals surface area contributed by atoms with Gasteiger partial charge in [0.05, 0.1) is 24.7 Å². The Labute approximate surface area is 173 Å². The van der Waals surface area contributed by atoms with Gasteiger partial charge in [-0.1, -0.05) is 0 Å². The fourth-order valence-electron chi connectivity index (χ4n) is 3.38. The number of hydrogen-bond donors (Lipinski definition) is 5. The number of carboxylic acid groups (broad SMARTS) is 1. The summed E-state index contributed by atoms with van der Waals surface area (Å²) in [4.78, 5) is 54.9. The molecule has 0 aromatic carbocycles. The molecular weight excluding hydrogens is 396 g/mol. The van der Waals surface area contributed by atoms with Crippen molar-refractivity contribution in [3.05, 3.63) is 18.2 Å². The molecule has 0 bridgehead atoms. The Morgan fingerprint density at radius 1 is 1.30 bits per heavy atom. The maximum Gasteiger partial charge on any atom is 0.319 e. The topological polar surface area (TPSA) is 168 Å². The molecule has 1 saturated heterocycles. The molecule has 12 heteroatoms. The van der Waals surface area contributed by atoms with Crippen molar-refractivity contribution < 1.29 is 29.4 Å². The van der Waals surface area contributed by atoms with Crippen LogP contribution in [0.4, 0.5) is 4.79 Å². The van der Waals surface area contributed by atoms with Crippen molar-refractivity contribution in [1.82, 2.24) is 30.4 Å². The number of likely N-dealkylation sites (N-methyl/N-ethyl adjacent to an activating group) is 1. The molecule has 0 unspecified atom stereocenters. The van der Waals surface area contributed by atoms with Crippen LogP contribution in [-0.2, 0) is 9.59 Å². The fraction of sp³-hybridized carbons (Fsp3) is 0.611. The molecule has 1 aromatic rings. The van der Waals surface area contributed by atoms with Crippen LogP contribution >= 0.6 is 0 Å². The van der Waals surface area contributed by atoms with Crippen LogP contribution in [0.5, 0.6) is 0 Å². The summed E-state index contributed by atoms with van der Waals surface area (Å²) in [5, 5.41) is 23.1. The Kier molecular flexibility index (Phi) is 8.16. The van der Waals surface area contributed by atoms with Crippen molar-refractivity contribution in [3.63, 3.8) is 0 Å². The van der Waals surface area contributed by atoms with Crippen molar-refractivity contribution >= 4 is 23.8 Å². The third-order valence-corrected chi connectivity index (χ3v) is 4.94. The lowest BCUT2D eigenvalue weighted by atomic mass is 10.1. The highest BCUT2D eigenvalue weighted by Crippen LogP contribution is 2.26. The number of aliphatic hydroxyl groups is 1. The van der Waals surface area contributed by atoms with Crippen LogP contribution in [0.1, 0.15) is 30.3 Å². The molecule has 2 fully saturated rings. The molecule has 2 aliphatic rings. The van der Waals surface area contributed by atoms with Crippen molar-refractivity contribution in [3.8, 4) is 0 Å². The zero-order valence-electron chi connectivity index (χ0n) is 17.0. The number of carbonyl (C=O) groups excluding carboxylic acids is 3. The first-order valence-electron chi connectivity index (χ1n) is 9.63. The van der Waals surface area contributed by atoms with E-state index in [1.807, 2.05) is 0 Å². The Bertz CT molecular complexity index is 750. The molecule has 5 N–H and O–H groups in total. The number of rotatable bonds is 6. The third-order valence-electron chi connectivity index (χ3n) is 4.94. The number of aliphatic carboxylic acids is 1. The number of aliphatic hydroxyl groups excluding tert-OH is 1. The smallest absolute Gasteiger partial charge is 0.319 e. The molecule has 2 heterocycles. The average Bonchev–Trinajstić information content (AvgIpc) is 3.39. The van der Waals surface area contributed by atoms with Crippen LogP contribution in [0.2, 0.25) is 0 Å². The van der Waals surface area contributed by atoms with Crippen molar-refractivity contribution in [2.45, 2.75) is 31.9 Å². The van der Waals surface area contributed by atoms with Crippen LogP contribution in [0, 0.1) is 5.92 Å². The van der Waals surface area contributed by atoms with Gasteiger partial charge in [-0.15, -0.1) is 0 Å². The second kappa shape index (κ2) is 10.6. The van der Waals surface area contributed by atoms with Gasteiger partial charge in [0, 0.05) is 46.1 Å². The van der Waals surface area contributed by atoms with E-state index in [2.05, 4.69) is 20.6 Å². The van der Waals surface area contributed by atoms with E-state index in [9.17, 15) is 19.5 Å². The lowest BCUT2D eigenvalue weighted by Gasteiger charge is -2.17. The second-order valence-electron chi connectivity index (χ2n) is 7.28. The van der Waals surface area contributed by atoms with Gasteiger partial charge in [0.2, 0.25) is 5.91 Å². The van der Waals surface area contributed by atoms with E-state index in [0.717, 1.165) is 6.92 Å². The highest BCUT2D eigenvalue weighted by molar-refractivity contribution is 5.92. The molecule has 1 saturated carbocycles. The normalized spacial score (nSPS) is 23.0. The number of carbonyl (C=O) groups is 4. The van der Waals surface area contributed by atoms with Gasteiger partial charge in [0.25, 0.3) is 11.9 Å². The van der Waals surface area contributed by atoms with Crippen LogP contribution in [-0.4, -0.2) is 99.2 Å². The summed E-state index contributed by atoms with van der Waals surface area (Å²) in [6.07, 6.45) is 2.70. The lowest BCUT2D eigenvalue weighted by Crippen LogP contribution is -2.40. The number of imidazole rings is 1. The van der Waals surface area contributed by atoms with Crippen LogP contribution in [0.25, 0.3) is 0 Å². The number of carboxylic acids is 1. The minimum absolute atomic E-state index is 0.0304. The molecule has 4 amide bonds. The molecule has 3 atom stereocenters. The number of urea groups is 1. The number of hydrogen-bond acceptors (Lipinski definition) is 6. The summed E-state index contributed by atoms with van der Waals surface area (Å²) < 4.78 is 0. The molecule has 166 valence electrons. The van der Waals surface area contributed by atoms with E-state index >= 15 is 0 Å². The Morgan fingerprint density at radius 2 is 2.00 bits per heavy atom. The summed E-state index contributed by atoms with van der Waals surface area (Å²) in [7, 11) is 1.75. The summed E-state index contributed by atoms with van der Waals surface area (Å²) >= 11 is 0. The van der Waals surface area contributed by atoms with Gasteiger partial charge in [0.1, 0.15) is 5.69 Å². The SMILES string of the molecule is CC(=O)O.CN1CCN(CCNC(=O)[C@H]2C[C@H](NC(=O)c3cnc[nH]3)[C@@H](O)C2)C1=O. The Balaban J connectivity index is 0.000000735. The van der Waals surface area contributed by atoms with E-state index in [4.69, 9.17) is 9.90 Å². The molecule has 0 spiro atoms. The summed E-state index contributed by atoms with van der Waals surface area (Å²) in [6.45, 7) is 3.27. The molecule has 3 rings (SSSR count). The molecule has 12 nitrogen and oxygen atoms in total. The minimum Gasteiger partial charge on any atom is -0.481 e. The van der Waals surface area contributed by atoms with E-state index in [1.54, 1.807) is 16.8 Å². The average molecular weight is 424 g/mol. The van der Waals surface area contributed by atoms with Gasteiger partial charge >= 0.3 is 6.03 Å². The van der Waals surface area contributed by atoms with Crippen molar-refractivity contribution in [2.24, 2.45) is 5.92 Å². The van der Waals surface area contributed by atoms with Gasteiger partial charge in [-0.2, -0.15) is 0 Å². The van der Waals surface area contributed by atoms with Crippen LogP contribution in [0.3, 0.4) is 0 Å². The summed E-state index contributed by atoms with van der Waals surface area (Å²) in [5.74, 6) is -1.72. The number of aromatic amines is 1. The van der Waals surface area contributed by atoms with Gasteiger partial charge in [-0.25, -0.2) is 9.78 Å². The predicted molar refractivity (Wildman–Crippen MR) is 104 cm³/mol. The van der Waals surface area contributed by atoms with Gasteiger partial charge < -0.3 is 35.6 Å². The molecule has 30 heavy (non-hydrogen) atoms. The number of aromatic nitrogens is 2. The number of nitrogens with zero attached hydrogens (tertiary/aromatic N) is 3. The van der Waals surface area contributed by atoms with E-state index in [-0.39, 0.29) is 23.8 Å². The highest BCUT2D eigenvalue weighted by atomic mass is 16.4. The first-order chi connectivity index (χ1) is 14.2. The fourth-order valence-corrected chi connectivity index (χ4v) is 3.38. The number of amides is 4. The number of H-pyrrole nitrogens is 1.